The largest absolute Gasteiger partial charge is 0.454 e. The van der Waals surface area contributed by atoms with E-state index in [0.717, 1.165) is 83.5 Å². The van der Waals surface area contributed by atoms with E-state index in [4.69, 9.17) is 4.42 Å². The summed E-state index contributed by atoms with van der Waals surface area (Å²) in [5.41, 5.74) is 15.1. The van der Waals surface area contributed by atoms with Crippen molar-refractivity contribution in [3.05, 3.63) is 220 Å². The van der Waals surface area contributed by atoms with Crippen molar-refractivity contribution >= 4 is 62.7 Å². The average Bonchev–Trinajstić information content (AvgIpc) is 4.01. The predicted octanol–water partition coefficient (Wildman–Crippen LogP) is 11.8. The molecule has 2 heterocycles. The number of aryl methyl sites for hydroxylation is 2. The van der Waals surface area contributed by atoms with E-state index in [2.05, 4.69) is 181 Å². The lowest BCUT2D eigenvalue weighted by Gasteiger charge is -2.37. The standard InChI is InChI=1S/C58H41N3OSi/c59-36-38-23-30-48-53(33-38)46-17-7-8-18-47(46)54(48)35-39-24-27-45(34-40(39)37-60)63(42-13-3-1-4-14-42,43-15-5-2-6-16-43)44-28-25-41(26-29-44)61-55-21-11-9-19-49(55)51-31-32-52-50-20-10-12-22-56(50)62-58(52)57(51)61/h1-5,7,9-15,17,19-30,33-35H,6,8,16,18,31-32H2/b54-35+. The summed E-state index contributed by atoms with van der Waals surface area (Å²) in [6.07, 6.45) is 19.2. The molecular formula is C58H41N3OSi. The van der Waals surface area contributed by atoms with Crippen molar-refractivity contribution in [3.8, 4) is 29.3 Å². The topological polar surface area (TPSA) is 65.7 Å². The number of allylic oxidation sites excluding steroid dienone is 9. The molecule has 0 saturated carbocycles. The Morgan fingerprint density at radius 2 is 1.40 bits per heavy atom. The quantitative estimate of drug-likeness (QED) is 0.124. The fourth-order valence-corrected chi connectivity index (χ4v) is 16.2. The number of nitrogens with zero attached hydrogens (tertiary/aromatic N) is 3. The Kier molecular flexibility index (Phi) is 8.68. The summed E-state index contributed by atoms with van der Waals surface area (Å²) >= 11 is 0. The van der Waals surface area contributed by atoms with E-state index in [9.17, 15) is 10.5 Å². The first kappa shape index (κ1) is 37.1. The summed E-state index contributed by atoms with van der Waals surface area (Å²) in [4.78, 5) is 0. The molecule has 12 rings (SSSR count). The summed E-state index contributed by atoms with van der Waals surface area (Å²) in [5, 5.41) is 28.4. The van der Waals surface area contributed by atoms with Crippen LogP contribution in [0.3, 0.4) is 0 Å². The van der Waals surface area contributed by atoms with Crippen LogP contribution in [0.1, 0.15) is 64.6 Å². The maximum Gasteiger partial charge on any atom is 0.175 e. The summed E-state index contributed by atoms with van der Waals surface area (Å²) in [5.74, 6) is 0.976. The molecule has 5 heteroatoms. The lowest BCUT2D eigenvalue weighted by molar-refractivity contribution is 0.616. The Labute approximate surface area is 368 Å². The van der Waals surface area contributed by atoms with Gasteiger partial charge < -0.3 is 8.98 Å². The number of para-hydroxylation sites is 2. The Morgan fingerprint density at radius 3 is 2.22 bits per heavy atom. The van der Waals surface area contributed by atoms with E-state index in [1.54, 1.807) is 0 Å². The van der Waals surface area contributed by atoms with Crippen molar-refractivity contribution in [1.29, 1.82) is 10.5 Å². The highest BCUT2D eigenvalue weighted by atomic mass is 28.3. The molecule has 0 N–H and O–H groups in total. The minimum atomic E-state index is -2.94. The van der Waals surface area contributed by atoms with Crippen LogP contribution in [0.4, 0.5) is 0 Å². The number of hydrogen-bond acceptors (Lipinski definition) is 3. The molecule has 4 aliphatic rings. The first-order valence-corrected chi connectivity index (χ1v) is 24.0. The SMILES string of the molecule is N#Cc1ccc2c(c1)C1=C(CCC=C1)/C2=C\c1ccc([Si](C2=CC=CCC2)(c2ccccc2)c2ccc(-n3c4c(c5ccccc53)CCc3c-4oc4ccccc34)cc2)cc1C#N. The number of nitriles is 2. The van der Waals surface area contributed by atoms with Crippen LogP contribution in [-0.2, 0) is 12.8 Å². The van der Waals surface area contributed by atoms with Crippen molar-refractivity contribution in [1.82, 2.24) is 4.57 Å². The summed E-state index contributed by atoms with van der Waals surface area (Å²) in [7, 11) is -2.94. The van der Waals surface area contributed by atoms with Gasteiger partial charge in [-0.3, -0.25) is 0 Å². The molecule has 0 fully saturated rings. The van der Waals surface area contributed by atoms with E-state index in [0.29, 0.717) is 11.1 Å². The third-order valence-corrected chi connectivity index (χ3v) is 18.9. The summed E-state index contributed by atoms with van der Waals surface area (Å²) in [6, 6.07) is 55.3. The fourth-order valence-electron chi connectivity index (χ4n) is 11.1. The second kappa shape index (κ2) is 14.7. The highest BCUT2D eigenvalue weighted by molar-refractivity contribution is 7.16. The van der Waals surface area contributed by atoms with Crippen molar-refractivity contribution in [2.45, 2.75) is 38.5 Å². The van der Waals surface area contributed by atoms with Gasteiger partial charge in [0.2, 0.25) is 0 Å². The Balaban J connectivity index is 1.04. The highest BCUT2D eigenvalue weighted by Crippen LogP contribution is 2.48. The minimum Gasteiger partial charge on any atom is -0.454 e. The number of furan rings is 1. The number of aromatic nitrogens is 1. The third kappa shape index (κ3) is 5.64. The molecule has 1 atom stereocenters. The maximum atomic E-state index is 11.0. The molecule has 6 aromatic carbocycles. The van der Waals surface area contributed by atoms with Crippen molar-refractivity contribution in [2.24, 2.45) is 0 Å². The van der Waals surface area contributed by atoms with Crippen LogP contribution < -0.4 is 15.6 Å². The summed E-state index contributed by atoms with van der Waals surface area (Å²) < 4.78 is 9.15. The van der Waals surface area contributed by atoms with Crippen LogP contribution in [0.15, 0.2) is 185 Å². The number of hydrogen-bond donors (Lipinski definition) is 0. The summed E-state index contributed by atoms with van der Waals surface area (Å²) in [6.45, 7) is 0. The van der Waals surface area contributed by atoms with Gasteiger partial charge in [0.15, 0.2) is 13.8 Å². The highest BCUT2D eigenvalue weighted by Gasteiger charge is 2.43. The molecule has 0 spiro atoms. The molecule has 0 aliphatic heterocycles. The van der Waals surface area contributed by atoms with E-state index < -0.39 is 8.07 Å². The molecule has 2 aromatic heterocycles. The molecule has 298 valence electrons. The molecule has 1 unspecified atom stereocenters. The Bertz CT molecular complexity index is 3470. The number of rotatable bonds is 6. The number of benzene rings is 6. The van der Waals surface area contributed by atoms with Gasteiger partial charge in [0.05, 0.1) is 34.5 Å². The van der Waals surface area contributed by atoms with Crippen LogP contribution in [0.25, 0.3) is 56.2 Å². The maximum absolute atomic E-state index is 11.0. The molecule has 0 bridgehead atoms. The second-order valence-corrected chi connectivity index (χ2v) is 21.0. The predicted molar refractivity (Wildman–Crippen MR) is 259 cm³/mol. The van der Waals surface area contributed by atoms with Crippen molar-refractivity contribution in [3.63, 3.8) is 0 Å². The molecular weight excluding hydrogens is 783 g/mol. The molecule has 0 radical (unpaired) electrons. The van der Waals surface area contributed by atoms with Gasteiger partial charge in [0.1, 0.15) is 5.58 Å². The molecule has 4 aliphatic carbocycles. The van der Waals surface area contributed by atoms with Crippen LogP contribution >= 0.6 is 0 Å². The van der Waals surface area contributed by atoms with Gasteiger partial charge >= 0.3 is 0 Å². The van der Waals surface area contributed by atoms with Crippen LogP contribution in [0.2, 0.25) is 0 Å². The van der Waals surface area contributed by atoms with Crippen molar-refractivity contribution in [2.75, 3.05) is 0 Å². The van der Waals surface area contributed by atoms with Crippen molar-refractivity contribution < 1.29 is 4.42 Å². The average molecular weight is 824 g/mol. The van der Waals surface area contributed by atoms with E-state index in [1.807, 2.05) is 12.1 Å². The van der Waals surface area contributed by atoms with Crippen LogP contribution in [0.5, 0.6) is 0 Å². The van der Waals surface area contributed by atoms with E-state index in [-0.39, 0.29) is 0 Å². The van der Waals surface area contributed by atoms with E-state index >= 15 is 0 Å². The zero-order chi connectivity index (χ0) is 42.1. The van der Waals surface area contributed by atoms with Gasteiger partial charge in [-0.2, -0.15) is 10.5 Å². The van der Waals surface area contributed by atoms with E-state index in [1.165, 1.54) is 59.3 Å². The van der Waals surface area contributed by atoms with Gasteiger partial charge in [-0.25, -0.2) is 0 Å². The fraction of sp³-hybridized carbons (Fsp3) is 0.103. The Morgan fingerprint density at radius 1 is 0.635 bits per heavy atom. The van der Waals surface area contributed by atoms with Gasteiger partial charge in [0, 0.05) is 22.0 Å². The van der Waals surface area contributed by atoms with Gasteiger partial charge in [0.25, 0.3) is 0 Å². The molecule has 0 amide bonds. The second-order valence-electron chi connectivity index (χ2n) is 17.1. The third-order valence-electron chi connectivity index (χ3n) is 13.9. The molecule has 63 heavy (non-hydrogen) atoms. The molecule has 0 saturated heterocycles. The molecule has 8 aromatic rings. The Hall–Kier alpha value is -7.70. The zero-order valence-electron chi connectivity index (χ0n) is 34.7. The van der Waals surface area contributed by atoms with Gasteiger partial charge in [-0.15, -0.1) is 0 Å². The van der Waals surface area contributed by atoms with Crippen LogP contribution in [0, 0.1) is 22.7 Å². The van der Waals surface area contributed by atoms with Crippen LogP contribution in [-0.4, -0.2) is 12.6 Å². The first-order chi connectivity index (χ1) is 31.1. The monoisotopic (exact) mass is 823 g/mol. The smallest absolute Gasteiger partial charge is 0.175 e. The number of fused-ring (bicyclic) bond motifs is 9. The lowest BCUT2D eigenvalue weighted by Crippen LogP contribution is -2.68. The normalized spacial score (nSPS) is 16.5. The van der Waals surface area contributed by atoms with Gasteiger partial charge in [-0.1, -0.05) is 133 Å². The minimum absolute atomic E-state index is 0.659. The lowest BCUT2D eigenvalue weighted by atomic mass is 9.92. The molecule has 4 nitrogen and oxygen atoms in total. The van der Waals surface area contributed by atoms with Gasteiger partial charge in [-0.05, 0) is 142 Å². The first-order valence-electron chi connectivity index (χ1n) is 22.0. The zero-order valence-corrected chi connectivity index (χ0v) is 35.7.